The average Bonchev–Trinajstić information content (AvgIpc) is 3.91. The van der Waals surface area contributed by atoms with Crippen LogP contribution in [0.3, 0.4) is 0 Å². The molecule has 0 saturated carbocycles. The number of ketones is 2. The van der Waals surface area contributed by atoms with Crippen LogP contribution in [0.4, 0.5) is 44.7 Å². The zero-order valence-electron chi connectivity index (χ0n) is 40.6. The molecule has 2 saturated heterocycles. The van der Waals surface area contributed by atoms with Crippen molar-refractivity contribution in [3.8, 4) is 22.5 Å². The number of alkyl halides is 8. The van der Waals surface area contributed by atoms with E-state index in [1.54, 1.807) is 41.5 Å². The Bertz CT molecular complexity index is 2670. The van der Waals surface area contributed by atoms with Crippen molar-refractivity contribution in [3.63, 3.8) is 0 Å². The molecular weight excluding hydrogens is 985 g/mol. The maximum absolute atomic E-state index is 14.2. The molecule has 0 radical (unpaired) electrons. The monoisotopic (exact) mass is 1040 g/mol. The normalized spacial score (nSPS) is 18.1. The fourth-order valence-corrected chi connectivity index (χ4v) is 7.71. The summed E-state index contributed by atoms with van der Waals surface area (Å²) in [5.74, 6) is -2.91. The zero-order chi connectivity index (χ0) is 54.4. The van der Waals surface area contributed by atoms with Gasteiger partial charge in [-0.25, -0.2) is 28.0 Å². The summed E-state index contributed by atoms with van der Waals surface area (Å²) in [6, 6.07) is 4.70. The second-order valence-corrected chi connectivity index (χ2v) is 19.0. The number of aromatic carboxylic acids is 1. The first kappa shape index (κ1) is 56.8. The lowest BCUT2D eigenvalue weighted by atomic mass is 9.98. The number of carboxylic acid groups (broad SMARTS) is 1. The van der Waals surface area contributed by atoms with E-state index in [2.05, 4.69) is 19.9 Å². The minimum absolute atomic E-state index is 0.0163. The van der Waals surface area contributed by atoms with Gasteiger partial charge < -0.3 is 19.3 Å². The Kier molecular flexibility index (Phi) is 17.7. The molecule has 394 valence electrons. The fraction of sp³-hybridized carbons (Fsp3) is 0.469. The van der Waals surface area contributed by atoms with E-state index in [4.69, 9.17) is 14.2 Å². The molecule has 0 aliphatic carbocycles. The number of likely N-dealkylation sites (tertiary alicyclic amines) is 2. The second-order valence-electron chi connectivity index (χ2n) is 19.0. The van der Waals surface area contributed by atoms with Gasteiger partial charge in [0.25, 0.3) is 0 Å². The van der Waals surface area contributed by atoms with Gasteiger partial charge in [-0.15, -0.1) is 0 Å². The van der Waals surface area contributed by atoms with Crippen molar-refractivity contribution in [2.45, 2.75) is 128 Å². The Morgan fingerprint density at radius 2 is 0.986 bits per heavy atom. The Labute approximate surface area is 413 Å². The van der Waals surface area contributed by atoms with Crippen LogP contribution < -0.4 is 0 Å². The first-order chi connectivity index (χ1) is 33.8. The maximum atomic E-state index is 14.2. The minimum Gasteiger partial charge on any atom is -0.478 e. The number of halogens is 8. The quantitative estimate of drug-likeness (QED) is 0.0797. The molecule has 0 unspecified atom stereocenters. The molecule has 73 heavy (non-hydrogen) atoms. The summed E-state index contributed by atoms with van der Waals surface area (Å²) in [6.45, 7) is 9.36. The first-order valence-corrected chi connectivity index (χ1v) is 22.5. The van der Waals surface area contributed by atoms with Crippen LogP contribution in [0.25, 0.3) is 22.5 Å². The average molecular weight is 1040 g/mol. The number of hydrogen-bond acceptors (Lipinski definition) is 13. The van der Waals surface area contributed by atoms with Crippen LogP contribution in [0, 0.1) is 0 Å². The first-order valence-electron chi connectivity index (χ1n) is 22.5. The van der Waals surface area contributed by atoms with E-state index in [9.17, 15) is 69.0 Å². The Morgan fingerprint density at radius 1 is 0.603 bits per heavy atom. The highest BCUT2D eigenvalue weighted by molar-refractivity contribution is 5.93. The van der Waals surface area contributed by atoms with E-state index in [0.29, 0.717) is 5.56 Å². The van der Waals surface area contributed by atoms with Gasteiger partial charge in [0.15, 0.2) is 11.6 Å². The largest absolute Gasteiger partial charge is 0.478 e. The summed E-state index contributed by atoms with van der Waals surface area (Å²) >= 11 is 0. The number of Topliss-reactive ketones (excluding diaryl/α,β-unsaturated/α-hetero) is 2. The molecule has 0 spiro atoms. The maximum Gasteiger partial charge on any atom is 0.433 e. The number of ether oxygens (including phenoxy) is 3. The predicted octanol–water partition coefficient (Wildman–Crippen LogP) is 9.51. The topological polar surface area (TPSA) is 208 Å². The Hall–Kier alpha value is -7.14. The van der Waals surface area contributed by atoms with Gasteiger partial charge in [0, 0.05) is 61.6 Å². The lowest BCUT2D eigenvalue weighted by Gasteiger charge is -2.27. The van der Waals surface area contributed by atoms with Crippen LogP contribution >= 0.6 is 0 Å². The molecule has 2 fully saturated rings. The van der Waals surface area contributed by atoms with Crippen LogP contribution in [0.2, 0.25) is 0 Å². The molecule has 4 atom stereocenters. The standard InChI is InChI=1S/C25H27F4N3O5.C24H25F4N3O5/c1-24(2,3)37-23(35)32-13-16(26)10-19(32)20(33)7-5-14-9-18(30-12-17(14)22(34)36-4)15-6-8-21(31-11-15)25(27,28)29;1-23(2,3)36-22(35)31-12-15(25)9-18(31)19(32)6-4-13-8-17(29-11-16(13)21(33)34)14-5-7-20(30-10-14)24(26,27)28/h6,8-9,11-12,16,19H,5,7,10,13H2,1-4H3;5,7-8,10-11,15,18H,4,6,9,12H2,1-3H3,(H,33,34)/t16-,19+;15-,18+/m11/s1. The highest BCUT2D eigenvalue weighted by atomic mass is 19.4. The minimum atomic E-state index is -4.61. The third-order valence-electron chi connectivity index (χ3n) is 11.1. The van der Waals surface area contributed by atoms with Gasteiger partial charge in [-0.2, -0.15) is 26.3 Å². The Morgan fingerprint density at radius 3 is 1.32 bits per heavy atom. The van der Waals surface area contributed by atoms with Gasteiger partial charge in [0.05, 0.1) is 54.8 Å². The number of pyridine rings is 4. The van der Waals surface area contributed by atoms with Gasteiger partial charge in [-0.05, 0) is 102 Å². The summed E-state index contributed by atoms with van der Waals surface area (Å²) in [7, 11) is 1.17. The van der Waals surface area contributed by atoms with Gasteiger partial charge in [-0.3, -0.25) is 39.3 Å². The van der Waals surface area contributed by atoms with E-state index < -0.39 is 95.1 Å². The fourth-order valence-electron chi connectivity index (χ4n) is 7.71. The molecule has 6 heterocycles. The molecule has 2 amide bonds. The summed E-state index contributed by atoms with van der Waals surface area (Å²) < 4.78 is 120. The predicted molar refractivity (Wildman–Crippen MR) is 242 cm³/mol. The molecule has 2 aliphatic heterocycles. The van der Waals surface area contributed by atoms with Crippen molar-refractivity contribution in [1.82, 2.24) is 29.7 Å². The summed E-state index contributed by atoms with van der Waals surface area (Å²) in [5.41, 5.74) is -2.48. The number of amides is 2. The number of esters is 1. The number of methoxy groups -OCH3 is 1. The van der Waals surface area contributed by atoms with Crippen LogP contribution in [0.15, 0.2) is 61.2 Å². The summed E-state index contributed by atoms with van der Waals surface area (Å²) in [4.78, 5) is 91.8. The number of carbonyl (C=O) groups is 6. The molecule has 0 aromatic carbocycles. The van der Waals surface area contributed by atoms with E-state index in [-0.39, 0.29) is 90.8 Å². The van der Waals surface area contributed by atoms with Gasteiger partial charge in [-0.1, -0.05) is 0 Å². The van der Waals surface area contributed by atoms with Crippen LogP contribution in [0.1, 0.15) is 110 Å². The van der Waals surface area contributed by atoms with E-state index in [0.717, 1.165) is 46.6 Å². The third-order valence-corrected chi connectivity index (χ3v) is 11.1. The molecule has 6 rings (SSSR count). The van der Waals surface area contributed by atoms with E-state index >= 15 is 0 Å². The number of aryl methyl sites for hydroxylation is 2. The van der Waals surface area contributed by atoms with Crippen molar-refractivity contribution < 1.29 is 83.2 Å². The highest BCUT2D eigenvalue weighted by Crippen LogP contribution is 2.32. The smallest absolute Gasteiger partial charge is 0.433 e. The molecule has 1 N–H and O–H groups in total. The van der Waals surface area contributed by atoms with Crippen molar-refractivity contribution in [2.24, 2.45) is 0 Å². The third kappa shape index (κ3) is 15.4. The summed E-state index contributed by atoms with van der Waals surface area (Å²) in [6.07, 6.45) is -10.1. The SMILES string of the molecule is CC(C)(C)OC(=O)N1C[C@H](F)C[C@H]1C(=O)CCc1cc(-c2ccc(C(F)(F)F)nc2)ncc1C(=O)O.COC(=O)c1cnc(-c2ccc(C(F)(F)F)nc2)cc1CCC(=O)[C@@H]1C[C@@H](F)CN1C(=O)OC(C)(C)C. The van der Waals surface area contributed by atoms with Crippen LogP contribution in [-0.4, -0.2) is 126 Å². The van der Waals surface area contributed by atoms with Crippen LogP contribution in [0.5, 0.6) is 0 Å². The van der Waals surface area contributed by atoms with Gasteiger partial charge >= 0.3 is 36.5 Å². The van der Waals surface area contributed by atoms with Crippen molar-refractivity contribution in [2.75, 3.05) is 20.2 Å². The Balaban J connectivity index is 0.000000271. The second kappa shape index (κ2) is 22.7. The van der Waals surface area contributed by atoms with E-state index in [1.807, 2.05) is 0 Å². The number of rotatable bonds is 12. The number of hydrogen-bond donors (Lipinski definition) is 1. The number of carbonyl (C=O) groups excluding carboxylic acids is 5. The lowest BCUT2D eigenvalue weighted by molar-refractivity contribution is -0.141. The molecule has 24 heteroatoms. The zero-order valence-corrected chi connectivity index (χ0v) is 40.6. The molecule has 4 aromatic heterocycles. The van der Waals surface area contributed by atoms with Gasteiger partial charge in [0.2, 0.25) is 0 Å². The van der Waals surface area contributed by atoms with E-state index in [1.165, 1.54) is 31.5 Å². The van der Waals surface area contributed by atoms with Crippen molar-refractivity contribution in [1.29, 1.82) is 0 Å². The van der Waals surface area contributed by atoms with Crippen molar-refractivity contribution in [3.05, 3.63) is 94.8 Å². The lowest BCUT2D eigenvalue weighted by Crippen LogP contribution is -2.43. The van der Waals surface area contributed by atoms with Gasteiger partial charge in [0.1, 0.15) is 34.9 Å². The molecule has 4 aromatic rings. The molecular formula is C49H52F8N6O10. The summed E-state index contributed by atoms with van der Waals surface area (Å²) in [5, 5.41) is 9.51. The molecule has 16 nitrogen and oxygen atoms in total. The molecule has 0 bridgehead atoms. The number of nitrogens with zero attached hydrogens (tertiary/aromatic N) is 6. The highest BCUT2D eigenvalue weighted by Gasteiger charge is 2.43. The number of carboxylic acids is 1. The van der Waals surface area contributed by atoms with Crippen LogP contribution in [-0.2, 0) is 49.0 Å². The van der Waals surface area contributed by atoms with Crippen molar-refractivity contribution >= 4 is 35.7 Å². The number of aromatic nitrogens is 4. The molecule has 2 aliphatic rings.